The van der Waals surface area contributed by atoms with Gasteiger partial charge in [0.25, 0.3) is 0 Å². The quantitative estimate of drug-likeness (QED) is 0.567. The molecule has 6 nitrogen and oxygen atoms in total. The van der Waals surface area contributed by atoms with Crippen LogP contribution in [0.3, 0.4) is 0 Å². The normalized spacial score (nSPS) is 13.3. The Balaban J connectivity index is 3.79. The van der Waals surface area contributed by atoms with Gasteiger partial charge in [-0.25, -0.2) is 4.79 Å². The number of carboxylic acid groups (broad SMARTS) is 1. The number of amides is 3. The Kier molecular flexibility index (Phi) is 9.41. The summed E-state index contributed by atoms with van der Waals surface area (Å²) in [5.74, 6) is -0.720. The lowest BCUT2D eigenvalue weighted by atomic mass is 10.0. The summed E-state index contributed by atoms with van der Waals surface area (Å²) in [6, 6.07) is -0.464. The molecule has 0 aromatic heterocycles. The predicted molar refractivity (Wildman–Crippen MR) is 76.3 cm³/mol. The highest BCUT2D eigenvalue weighted by atomic mass is 16.4. The lowest BCUT2D eigenvalue weighted by molar-refractivity contribution is -0.137. The van der Waals surface area contributed by atoms with E-state index >= 15 is 0 Å². The number of unbranched alkanes of at least 4 members (excludes halogenated alkanes) is 1. The Morgan fingerprint density at radius 3 is 2.25 bits per heavy atom. The van der Waals surface area contributed by atoms with Crippen molar-refractivity contribution in [3.63, 3.8) is 0 Å². The van der Waals surface area contributed by atoms with Crippen molar-refractivity contribution in [2.45, 2.75) is 65.3 Å². The van der Waals surface area contributed by atoms with E-state index in [4.69, 9.17) is 5.11 Å². The van der Waals surface area contributed by atoms with Crippen LogP contribution in [0, 0.1) is 5.92 Å². The first kappa shape index (κ1) is 18.4. The van der Waals surface area contributed by atoms with Crippen LogP contribution in [-0.2, 0) is 9.59 Å². The lowest BCUT2D eigenvalue weighted by Gasteiger charge is -2.17. The molecular weight excluding hydrogens is 260 g/mol. The van der Waals surface area contributed by atoms with Gasteiger partial charge in [0, 0.05) is 18.9 Å². The van der Waals surface area contributed by atoms with E-state index in [1.807, 2.05) is 6.92 Å². The van der Waals surface area contributed by atoms with E-state index < -0.39 is 12.0 Å². The fourth-order valence-electron chi connectivity index (χ4n) is 1.84. The summed E-state index contributed by atoms with van der Waals surface area (Å²) in [7, 11) is 0. The van der Waals surface area contributed by atoms with Gasteiger partial charge in [-0.05, 0) is 32.1 Å². The minimum atomic E-state index is -0.873. The first-order valence-corrected chi connectivity index (χ1v) is 7.17. The minimum absolute atomic E-state index is 0.0183. The van der Waals surface area contributed by atoms with Gasteiger partial charge in [-0.1, -0.05) is 20.3 Å². The first-order valence-electron chi connectivity index (χ1n) is 7.17. The van der Waals surface area contributed by atoms with Gasteiger partial charge < -0.3 is 10.4 Å². The highest BCUT2D eigenvalue weighted by Crippen LogP contribution is 2.09. The van der Waals surface area contributed by atoms with Gasteiger partial charge in [0.05, 0.1) is 0 Å². The third kappa shape index (κ3) is 10.3. The maximum Gasteiger partial charge on any atom is 0.321 e. The number of carboxylic acids is 1. The molecule has 3 N–H and O–H groups in total. The average Bonchev–Trinajstić information content (AvgIpc) is 2.33. The molecule has 0 aliphatic carbocycles. The molecule has 0 aliphatic rings. The molecule has 0 saturated heterocycles. The second kappa shape index (κ2) is 10.2. The molecule has 6 heteroatoms. The van der Waals surface area contributed by atoms with Crippen LogP contribution in [0.5, 0.6) is 0 Å². The Morgan fingerprint density at radius 1 is 1.10 bits per heavy atom. The van der Waals surface area contributed by atoms with Crippen LogP contribution in [0.25, 0.3) is 0 Å². The van der Waals surface area contributed by atoms with Crippen LogP contribution in [0.4, 0.5) is 4.79 Å². The molecule has 0 spiro atoms. The number of carbonyl (C=O) groups is 3. The molecule has 116 valence electrons. The Bertz CT molecular complexity index is 331. The molecule has 20 heavy (non-hydrogen) atoms. The van der Waals surface area contributed by atoms with E-state index in [0.717, 1.165) is 12.8 Å². The molecule has 3 amide bonds. The number of nitrogens with one attached hydrogen (secondary N) is 2. The number of carbonyl (C=O) groups excluding carboxylic acids is 2. The average molecular weight is 286 g/mol. The van der Waals surface area contributed by atoms with Crippen molar-refractivity contribution in [2.75, 3.05) is 0 Å². The molecule has 2 unspecified atom stereocenters. The Labute approximate surface area is 120 Å². The van der Waals surface area contributed by atoms with E-state index in [2.05, 4.69) is 24.5 Å². The van der Waals surface area contributed by atoms with Crippen LogP contribution in [0.1, 0.15) is 59.3 Å². The van der Waals surface area contributed by atoms with E-state index in [0.29, 0.717) is 18.8 Å². The third-order valence-electron chi connectivity index (χ3n) is 3.13. The van der Waals surface area contributed by atoms with Crippen LogP contribution in [-0.4, -0.2) is 29.1 Å². The van der Waals surface area contributed by atoms with E-state index in [9.17, 15) is 14.4 Å². The molecule has 0 heterocycles. The monoisotopic (exact) mass is 286 g/mol. The summed E-state index contributed by atoms with van der Waals surface area (Å²) in [6.07, 6.45) is 3.04. The molecule has 2 atom stereocenters. The fraction of sp³-hybridized carbons (Fsp3) is 0.786. The van der Waals surface area contributed by atoms with Crippen molar-refractivity contribution in [2.24, 2.45) is 5.92 Å². The summed E-state index contributed by atoms with van der Waals surface area (Å²) in [5, 5.41) is 13.4. The standard InChI is InChI=1S/C14H26N2O4/c1-4-10(2)9-11(3)15-14(20)16-12(17)7-5-6-8-13(18)19/h10-11H,4-9H2,1-3H3,(H,18,19)(H2,15,16,17,20). The van der Waals surface area contributed by atoms with Crippen LogP contribution in [0.15, 0.2) is 0 Å². The minimum Gasteiger partial charge on any atom is -0.481 e. The Morgan fingerprint density at radius 2 is 1.70 bits per heavy atom. The van der Waals surface area contributed by atoms with Gasteiger partial charge in [0.1, 0.15) is 0 Å². The number of aliphatic carboxylic acids is 1. The van der Waals surface area contributed by atoms with Gasteiger partial charge in [-0.2, -0.15) is 0 Å². The van der Waals surface area contributed by atoms with Crippen molar-refractivity contribution >= 4 is 17.9 Å². The third-order valence-corrected chi connectivity index (χ3v) is 3.13. The summed E-state index contributed by atoms with van der Waals surface area (Å²) in [6.45, 7) is 6.12. The SMILES string of the molecule is CCC(C)CC(C)NC(=O)NC(=O)CCCCC(=O)O. The van der Waals surface area contributed by atoms with Crippen LogP contribution < -0.4 is 10.6 Å². The maximum absolute atomic E-state index is 11.5. The second-order valence-corrected chi connectivity index (χ2v) is 5.27. The van der Waals surface area contributed by atoms with Gasteiger partial charge in [-0.15, -0.1) is 0 Å². The van der Waals surface area contributed by atoms with Crippen LogP contribution >= 0.6 is 0 Å². The van der Waals surface area contributed by atoms with Gasteiger partial charge in [0.2, 0.25) is 5.91 Å². The lowest BCUT2D eigenvalue weighted by Crippen LogP contribution is -2.43. The zero-order valence-corrected chi connectivity index (χ0v) is 12.6. The van der Waals surface area contributed by atoms with Crippen molar-refractivity contribution in [1.29, 1.82) is 0 Å². The van der Waals surface area contributed by atoms with Gasteiger partial charge in [-0.3, -0.25) is 14.9 Å². The van der Waals surface area contributed by atoms with Crippen LogP contribution in [0.2, 0.25) is 0 Å². The van der Waals surface area contributed by atoms with E-state index in [-0.39, 0.29) is 24.8 Å². The summed E-state index contributed by atoms with van der Waals surface area (Å²) >= 11 is 0. The Hall–Kier alpha value is -1.59. The number of rotatable bonds is 9. The number of imide groups is 1. The zero-order chi connectivity index (χ0) is 15.5. The number of urea groups is 1. The van der Waals surface area contributed by atoms with E-state index in [1.54, 1.807) is 0 Å². The predicted octanol–water partition coefficient (Wildman–Crippen LogP) is 2.28. The second-order valence-electron chi connectivity index (χ2n) is 5.27. The molecule has 0 rings (SSSR count). The highest BCUT2D eigenvalue weighted by molar-refractivity contribution is 5.94. The molecule has 0 fully saturated rings. The smallest absolute Gasteiger partial charge is 0.321 e. The molecule has 0 aromatic carbocycles. The van der Waals surface area contributed by atoms with E-state index in [1.165, 1.54) is 0 Å². The number of hydrogen-bond donors (Lipinski definition) is 3. The number of hydrogen-bond acceptors (Lipinski definition) is 3. The molecule has 0 aromatic rings. The summed E-state index contributed by atoms with van der Waals surface area (Å²) < 4.78 is 0. The molecular formula is C14H26N2O4. The van der Waals surface area contributed by atoms with Crippen molar-refractivity contribution < 1.29 is 19.5 Å². The maximum atomic E-state index is 11.5. The molecule has 0 saturated carbocycles. The van der Waals surface area contributed by atoms with Crippen molar-refractivity contribution in [3.8, 4) is 0 Å². The first-order chi connectivity index (χ1) is 9.35. The fourth-order valence-corrected chi connectivity index (χ4v) is 1.84. The van der Waals surface area contributed by atoms with Gasteiger partial charge >= 0.3 is 12.0 Å². The van der Waals surface area contributed by atoms with Crippen molar-refractivity contribution in [3.05, 3.63) is 0 Å². The topological polar surface area (TPSA) is 95.5 Å². The molecule has 0 bridgehead atoms. The summed E-state index contributed by atoms with van der Waals surface area (Å²) in [5.41, 5.74) is 0. The van der Waals surface area contributed by atoms with Crippen molar-refractivity contribution in [1.82, 2.24) is 10.6 Å². The zero-order valence-electron chi connectivity index (χ0n) is 12.6. The molecule has 0 aliphatic heterocycles. The molecule has 0 radical (unpaired) electrons. The summed E-state index contributed by atoms with van der Waals surface area (Å²) in [4.78, 5) is 33.3. The highest BCUT2D eigenvalue weighted by Gasteiger charge is 2.12. The van der Waals surface area contributed by atoms with Gasteiger partial charge in [0.15, 0.2) is 0 Å². The largest absolute Gasteiger partial charge is 0.481 e.